The van der Waals surface area contributed by atoms with Crippen LogP contribution in [0.15, 0.2) is 42.5 Å². The van der Waals surface area contributed by atoms with Gasteiger partial charge in [-0.3, -0.25) is 0 Å². The average Bonchev–Trinajstić information content (AvgIpc) is 2.47. The molecule has 1 atom stereocenters. The van der Waals surface area contributed by atoms with E-state index in [1.165, 1.54) is 0 Å². The lowest BCUT2D eigenvalue weighted by Gasteiger charge is -2.14. The Bertz CT molecular complexity index is 569. The van der Waals surface area contributed by atoms with Gasteiger partial charge in [0.2, 0.25) is 0 Å². The van der Waals surface area contributed by atoms with E-state index in [2.05, 4.69) is 0 Å². The molecule has 2 N–H and O–H groups in total. The van der Waals surface area contributed by atoms with E-state index in [4.69, 9.17) is 26.8 Å². The highest BCUT2D eigenvalue weighted by Crippen LogP contribution is 2.29. The van der Waals surface area contributed by atoms with Gasteiger partial charge in [-0.1, -0.05) is 29.8 Å². The molecule has 2 rings (SSSR count). The standard InChI is InChI=1S/C16H18ClNO2/c1-3-20-13-7-4-11(5-8-13)16(18)12-6-9-15(19-2)14(17)10-12/h4-10,16H,3,18H2,1-2H3. The molecule has 0 aliphatic carbocycles. The van der Waals surface area contributed by atoms with E-state index in [1.807, 2.05) is 49.4 Å². The highest BCUT2D eigenvalue weighted by Gasteiger charge is 2.11. The van der Waals surface area contributed by atoms with Crippen molar-refractivity contribution in [2.45, 2.75) is 13.0 Å². The number of hydrogen-bond acceptors (Lipinski definition) is 3. The first kappa shape index (κ1) is 14.7. The third-order valence-electron chi connectivity index (χ3n) is 3.09. The van der Waals surface area contributed by atoms with Gasteiger partial charge >= 0.3 is 0 Å². The Hall–Kier alpha value is -1.71. The fraction of sp³-hybridized carbons (Fsp3) is 0.250. The summed E-state index contributed by atoms with van der Waals surface area (Å²) in [5, 5.41) is 0.561. The van der Waals surface area contributed by atoms with Crippen molar-refractivity contribution in [2.24, 2.45) is 5.73 Å². The number of nitrogens with two attached hydrogens (primary N) is 1. The maximum absolute atomic E-state index is 6.26. The van der Waals surface area contributed by atoms with Gasteiger partial charge in [-0.2, -0.15) is 0 Å². The molecular formula is C16H18ClNO2. The number of benzene rings is 2. The van der Waals surface area contributed by atoms with Crippen LogP contribution in [0.5, 0.6) is 11.5 Å². The van der Waals surface area contributed by atoms with Gasteiger partial charge in [0, 0.05) is 0 Å². The molecular weight excluding hydrogens is 274 g/mol. The Balaban J connectivity index is 2.21. The van der Waals surface area contributed by atoms with Gasteiger partial charge < -0.3 is 15.2 Å². The van der Waals surface area contributed by atoms with E-state index in [9.17, 15) is 0 Å². The summed E-state index contributed by atoms with van der Waals surface area (Å²) in [6.45, 7) is 2.61. The minimum atomic E-state index is -0.228. The first-order valence-corrected chi connectivity index (χ1v) is 6.85. The van der Waals surface area contributed by atoms with Crippen molar-refractivity contribution < 1.29 is 9.47 Å². The molecule has 1 unspecified atom stereocenters. The van der Waals surface area contributed by atoms with Gasteiger partial charge in [0.25, 0.3) is 0 Å². The van der Waals surface area contributed by atoms with Crippen LogP contribution in [-0.4, -0.2) is 13.7 Å². The third kappa shape index (κ3) is 3.24. The van der Waals surface area contributed by atoms with Gasteiger partial charge in [-0.25, -0.2) is 0 Å². The quantitative estimate of drug-likeness (QED) is 0.911. The minimum Gasteiger partial charge on any atom is -0.495 e. The van der Waals surface area contributed by atoms with Gasteiger partial charge in [-0.05, 0) is 42.3 Å². The monoisotopic (exact) mass is 291 g/mol. The van der Waals surface area contributed by atoms with Crippen molar-refractivity contribution in [3.63, 3.8) is 0 Å². The van der Waals surface area contributed by atoms with Crippen LogP contribution in [0.3, 0.4) is 0 Å². The normalized spacial score (nSPS) is 12.0. The lowest BCUT2D eigenvalue weighted by Crippen LogP contribution is -2.11. The molecule has 106 valence electrons. The lowest BCUT2D eigenvalue weighted by atomic mass is 9.99. The molecule has 2 aromatic rings. The van der Waals surface area contributed by atoms with Crippen LogP contribution in [0.2, 0.25) is 5.02 Å². The van der Waals surface area contributed by atoms with Crippen LogP contribution >= 0.6 is 11.6 Å². The molecule has 0 aliphatic heterocycles. The molecule has 0 radical (unpaired) electrons. The molecule has 0 bridgehead atoms. The molecule has 0 saturated carbocycles. The number of hydrogen-bond donors (Lipinski definition) is 1. The highest BCUT2D eigenvalue weighted by atomic mass is 35.5. The smallest absolute Gasteiger partial charge is 0.137 e. The maximum atomic E-state index is 6.26. The molecule has 0 heterocycles. The van der Waals surface area contributed by atoms with Crippen LogP contribution in [0.25, 0.3) is 0 Å². The van der Waals surface area contributed by atoms with E-state index in [0.717, 1.165) is 16.9 Å². The highest BCUT2D eigenvalue weighted by molar-refractivity contribution is 6.32. The first-order valence-electron chi connectivity index (χ1n) is 6.47. The Kier molecular flexibility index (Phi) is 4.88. The second-order valence-corrected chi connectivity index (χ2v) is 4.78. The minimum absolute atomic E-state index is 0.228. The van der Waals surface area contributed by atoms with Crippen LogP contribution < -0.4 is 15.2 Å². The molecule has 0 aromatic heterocycles. The number of rotatable bonds is 5. The zero-order valence-corrected chi connectivity index (χ0v) is 12.4. The predicted molar refractivity (Wildman–Crippen MR) is 81.6 cm³/mol. The summed E-state index contributed by atoms with van der Waals surface area (Å²) in [6, 6.07) is 13.1. The van der Waals surface area contributed by atoms with E-state index in [-0.39, 0.29) is 6.04 Å². The van der Waals surface area contributed by atoms with Crippen molar-refractivity contribution in [1.29, 1.82) is 0 Å². The molecule has 0 amide bonds. The van der Waals surface area contributed by atoms with Crippen molar-refractivity contribution in [1.82, 2.24) is 0 Å². The molecule has 0 fully saturated rings. The van der Waals surface area contributed by atoms with Crippen LogP contribution in [0, 0.1) is 0 Å². The summed E-state index contributed by atoms with van der Waals surface area (Å²) in [5.74, 6) is 1.49. The summed E-state index contributed by atoms with van der Waals surface area (Å²) >= 11 is 6.13. The maximum Gasteiger partial charge on any atom is 0.137 e. The largest absolute Gasteiger partial charge is 0.495 e. The van der Waals surface area contributed by atoms with Gasteiger partial charge in [-0.15, -0.1) is 0 Å². The van der Waals surface area contributed by atoms with E-state index < -0.39 is 0 Å². The van der Waals surface area contributed by atoms with Crippen LogP contribution in [0.4, 0.5) is 0 Å². The summed E-state index contributed by atoms with van der Waals surface area (Å²) in [4.78, 5) is 0. The molecule has 0 saturated heterocycles. The SMILES string of the molecule is CCOc1ccc(C(N)c2ccc(OC)c(Cl)c2)cc1. The molecule has 0 spiro atoms. The zero-order valence-electron chi connectivity index (χ0n) is 11.6. The van der Waals surface area contributed by atoms with Gasteiger partial charge in [0.05, 0.1) is 24.8 Å². The first-order chi connectivity index (χ1) is 9.65. The Morgan fingerprint density at radius 3 is 2.30 bits per heavy atom. The molecule has 4 heteroatoms. The van der Waals surface area contributed by atoms with Gasteiger partial charge in [0.1, 0.15) is 11.5 Å². The lowest BCUT2D eigenvalue weighted by molar-refractivity contribution is 0.340. The average molecular weight is 292 g/mol. The summed E-state index contributed by atoms with van der Waals surface area (Å²) in [6.07, 6.45) is 0. The third-order valence-corrected chi connectivity index (χ3v) is 3.38. The molecule has 3 nitrogen and oxygen atoms in total. The zero-order chi connectivity index (χ0) is 14.5. The summed E-state index contributed by atoms with van der Waals surface area (Å²) in [5.41, 5.74) is 8.21. The topological polar surface area (TPSA) is 44.5 Å². The van der Waals surface area contributed by atoms with E-state index in [1.54, 1.807) is 7.11 Å². The fourth-order valence-corrected chi connectivity index (χ4v) is 2.27. The van der Waals surface area contributed by atoms with Crippen molar-refractivity contribution >= 4 is 11.6 Å². The number of methoxy groups -OCH3 is 1. The molecule has 20 heavy (non-hydrogen) atoms. The fourth-order valence-electron chi connectivity index (χ4n) is 2.01. The Morgan fingerprint density at radius 1 is 1.10 bits per heavy atom. The van der Waals surface area contributed by atoms with Crippen molar-refractivity contribution in [3.8, 4) is 11.5 Å². The second kappa shape index (κ2) is 6.64. The Labute approximate surface area is 124 Å². The second-order valence-electron chi connectivity index (χ2n) is 4.37. The summed E-state index contributed by atoms with van der Waals surface area (Å²) in [7, 11) is 1.59. The van der Waals surface area contributed by atoms with Gasteiger partial charge in [0.15, 0.2) is 0 Å². The summed E-state index contributed by atoms with van der Waals surface area (Å²) < 4.78 is 10.6. The number of halogens is 1. The van der Waals surface area contributed by atoms with Crippen molar-refractivity contribution in [3.05, 3.63) is 58.6 Å². The van der Waals surface area contributed by atoms with Crippen molar-refractivity contribution in [2.75, 3.05) is 13.7 Å². The van der Waals surface area contributed by atoms with Crippen LogP contribution in [0.1, 0.15) is 24.1 Å². The molecule has 0 aliphatic rings. The predicted octanol–water partition coefficient (Wildman–Crippen LogP) is 3.80. The number of ether oxygens (including phenoxy) is 2. The van der Waals surface area contributed by atoms with E-state index in [0.29, 0.717) is 17.4 Å². The Morgan fingerprint density at radius 2 is 1.75 bits per heavy atom. The molecule has 2 aromatic carbocycles. The van der Waals surface area contributed by atoms with E-state index >= 15 is 0 Å². The van der Waals surface area contributed by atoms with Crippen LogP contribution in [-0.2, 0) is 0 Å².